The molecule has 2 aromatic rings. The van der Waals surface area contributed by atoms with Crippen molar-refractivity contribution in [3.8, 4) is 11.5 Å². The van der Waals surface area contributed by atoms with Gasteiger partial charge >= 0.3 is 5.97 Å². The van der Waals surface area contributed by atoms with Gasteiger partial charge in [-0.3, -0.25) is 4.79 Å². The largest absolute Gasteiger partial charge is 0.494 e. The topological polar surface area (TPSA) is 35.5 Å². The van der Waals surface area contributed by atoms with E-state index < -0.39 is 23.4 Å². The molecule has 3 nitrogen and oxygen atoms in total. The van der Waals surface area contributed by atoms with Crippen molar-refractivity contribution < 1.29 is 27.4 Å². The maximum absolute atomic E-state index is 15.2. The van der Waals surface area contributed by atoms with E-state index in [2.05, 4.69) is 6.92 Å². The second-order valence-corrected chi connectivity index (χ2v) is 10.9. The number of hydrogen-bond acceptors (Lipinski definition) is 3. The molecule has 202 valence electrons. The standard InChI is InChI=1S/C31H39F3O3/c1-3-4-5-6-20-7-9-21(10-8-20)25-16-17-26(30(34)29(25)33)22-11-13-23(14-12-22)31(35)37-24-15-18-28(36-2)27(32)19-24/h15-23H,3-14H2,1-2H3. The van der Waals surface area contributed by atoms with E-state index in [1.807, 2.05) is 0 Å². The molecule has 0 saturated heterocycles. The Balaban J connectivity index is 1.31. The summed E-state index contributed by atoms with van der Waals surface area (Å²) in [7, 11) is 1.37. The lowest BCUT2D eigenvalue weighted by atomic mass is 9.75. The number of rotatable bonds is 9. The molecule has 0 N–H and O–H groups in total. The average molecular weight is 517 g/mol. The maximum Gasteiger partial charge on any atom is 0.314 e. The first-order valence-electron chi connectivity index (χ1n) is 13.9. The molecule has 2 aliphatic carbocycles. The minimum absolute atomic E-state index is 0.0793. The number of unbranched alkanes of at least 4 members (excludes halogenated alkanes) is 2. The van der Waals surface area contributed by atoms with Gasteiger partial charge in [-0.05, 0) is 92.4 Å². The zero-order chi connectivity index (χ0) is 26.4. The molecule has 0 aromatic heterocycles. The molecule has 37 heavy (non-hydrogen) atoms. The van der Waals surface area contributed by atoms with Gasteiger partial charge in [0.25, 0.3) is 0 Å². The summed E-state index contributed by atoms with van der Waals surface area (Å²) in [5, 5.41) is 0. The summed E-state index contributed by atoms with van der Waals surface area (Å²) in [6.45, 7) is 2.21. The van der Waals surface area contributed by atoms with Crippen molar-refractivity contribution >= 4 is 5.97 Å². The third-order valence-corrected chi connectivity index (χ3v) is 8.49. The monoisotopic (exact) mass is 516 g/mol. The summed E-state index contributed by atoms with van der Waals surface area (Å²) < 4.78 is 54.5. The Hall–Kier alpha value is -2.50. The van der Waals surface area contributed by atoms with Gasteiger partial charge < -0.3 is 9.47 Å². The zero-order valence-corrected chi connectivity index (χ0v) is 22.0. The highest BCUT2D eigenvalue weighted by Crippen LogP contribution is 2.42. The summed E-state index contributed by atoms with van der Waals surface area (Å²) in [4.78, 5) is 12.6. The van der Waals surface area contributed by atoms with E-state index >= 15 is 8.78 Å². The van der Waals surface area contributed by atoms with Crippen molar-refractivity contribution in [1.82, 2.24) is 0 Å². The van der Waals surface area contributed by atoms with Crippen molar-refractivity contribution in [1.29, 1.82) is 0 Å². The van der Waals surface area contributed by atoms with Gasteiger partial charge in [-0.1, -0.05) is 44.7 Å². The number of ether oxygens (including phenoxy) is 2. The summed E-state index contributed by atoms with van der Waals surface area (Å²) in [6, 6.07) is 7.60. The Morgan fingerprint density at radius 1 is 0.838 bits per heavy atom. The van der Waals surface area contributed by atoms with E-state index in [-0.39, 0.29) is 29.3 Å². The number of carbonyl (C=O) groups excluding carboxylic acids is 1. The summed E-state index contributed by atoms with van der Waals surface area (Å²) >= 11 is 0. The normalized spacial score (nSPS) is 24.0. The Morgan fingerprint density at radius 2 is 1.43 bits per heavy atom. The minimum Gasteiger partial charge on any atom is -0.494 e. The van der Waals surface area contributed by atoms with Gasteiger partial charge in [0.2, 0.25) is 0 Å². The van der Waals surface area contributed by atoms with E-state index in [9.17, 15) is 9.18 Å². The first-order chi connectivity index (χ1) is 17.9. The molecule has 2 saturated carbocycles. The van der Waals surface area contributed by atoms with Crippen LogP contribution in [0.1, 0.15) is 107 Å². The fraction of sp³-hybridized carbons (Fsp3) is 0.581. The molecule has 0 radical (unpaired) electrons. The van der Waals surface area contributed by atoms with Crippen LogP contribution in [0.5, 0.6) is 11.5 Å². The fourth-order valence-electron chi connectivity index (χ4n) is 6.21. The molecule has 6 heteroatoms. The number of esters is 1. The molecule has 2 aromatic carbocycles. The third-order valence-electron chi connectivity index (χ3n) is 8.49. The molecule has 0 heterocycles. The summed E-state index contributed by atoms with van der Waals surface area (Å²) in [6.07, 6.45) is 11.3. The summed E-state index contributed by atoms with van der Waals surface area (Å²) in [5.41, 5.74) is 0.941. The van der Waals surface area contributed by atoms with Crippen LogP contribution >= 0.6 is 0 Å². The van der Waals surface area contributed by atoms with Crippen LogP contribution in [0.2, 0.25) is 0 Å². The Bertz CT molecular complexity index is 1050. The number of carbonyl (C=O) groups is 1. The molecule has 0 amide bonds. The average Bonchev–Trinajstić information content (AvgIpc) is 2.91. The lowest BCUT2D eigenvalue weighted by Gasteiger charge is -2.30. The van der Waals surface area contributed by atoms with Crippen LogP contribution in [0.4, 0.5) is 13.2 Å². The summed E-state index contributed by atoms with van der Waals surface area (Å²) in [5.74, 6) is -1.87. The first kappa shape index (κ1) is 27.5. The highest BCUT2D eigenvalue weighted by Gasteiger charge is 2.32. The quantitative estimate of drug-likeness (QED) is 0.190. The lowest BCUT2D eigenvalue weighted by molar-refractivity contribution is -0.140. The van der Waals surface area contributed by atoms with Crippen molar-refractivity contribution in [3.63, 3.8) is 0 Å². The van der Waals surface area contributed by atoms with Gasteiger partial charge in [-0.2, -0.15) is 0 Å². The number of benzene rings is 2. The van der Waals surface area contributed by atoms with Crippen LogP contribution in [-0.2, 0) is 4.79 Å². The Morgan fingerprint density at radius 3 is 1.97 bits per heavy atom. The highest BCUT2D eigenvalue weighted by molar-refractivity contribution is 5.75. The van der Waals surface area contributed by atoms with E-state index in [4.69, 9.17) is 9.47 Å². The molecule has 0 spiro atoms. The van der Waals surface area contributed by atoms with E-state index in [0.29, 0.717) is 36.8 Å². The highest BCUT2D eigenvalue weighted by atomic mass is 19.2. The SMILES string of the molecule is CCCCCC1CCC(c2ccc(C3CCC(C(=O)Oc4ccc(OC)c(F)c4)CC3)c(F)c2F)CC1. The molecule has 2 aliphatic rings. The maximum atomic E-state index is 15.2. The number of methoxy groups -OCH3 is 1. The van der Waals surface area contributed by atoms with Crippen molar-refractivity contribution in [2.24, 2.45) is 11.8 Å². The van der Waals surface area contributed by atoms with Crippen molar-refractivity contribution in [2.75, 3.05) is 7.11 Å². The van der Waals surface area contributed by atoms with Crippen molar-refractivity contribution in [2.45, 2.75) is 95.8 Å². The minimum atomic E-state index is -0.720. The van der Waals surface area contributed by atoms with Crippen LogP contribution in [-0.4, -0.2) is 13.1 Å². The number of halogens is 3. The Labute approximate surface area is 218 Å². The smallest absolute Gasteiger partial charge is 0.314 e. The van der Waals surface area contributed by atoms with Crippen LogP contribution in [0, 0.1) is 29.3 Å². The van der Waals surface area contributed by atoms with Gasteiger partial charge in [0.05, 0.1) is 13.0 Å². The van der Waals surface area contributed by atoms with Crippen LogP contribution in [0.25, 0.3) is 0 Å². The molecular weight excluding hydrogens is 477 g/mol. The van der Waals surface area contributed by atoms with Crippen molar-refractivity contribution in [3.05, 3.63) is 58.9 Å². The van der Waals surface area contributed by atoms with Gasteiger partial charge in [0.1, 0.15) is 5.75 Å². The predicted octanol–water partition coefficient (Wildman–Crippen LogP) is 8.85. The Kier molecular flexibility index (Phi) is 9.55. The number of hydrogen-bond donors (Lipinski definition) is 0. The van der Waals surface area contributed by atoms with Crippen LogP contribution in [0.3, 0.4) is 0 Å². The van der Waals surface area contributed by atoms with E-state index in [1.165, 1.54) is 44.9 Å². The first-order valence-corrected chi connectivity index (χ1v) is 13.9. The molecule has 0 unspecified atom stereocenters. The molecule has 0 bridgehead atoms. The predicted molar refractivity (Wildman–Crippen MR) is 138 cm³/mol. The van der Waals surface area contributed by atoms with E-state index in [1.54, 1.807) is 12.1 Å². The molecular formula is C31H39F3O3. The lowest BCUT2D eigenvalue weighted by Crippen LogP contribution is -2.25. The second-order valence-electron chi connectivity index (χ2n) is 10.9. The van der Waals surface area contributed by atoms with Crippen LogP contribution in [0.15, 0.2) is 30.3 Å². The third kappa shape index (κ3) is 6.69. The zero-order valence-electron chi connectivity index (χ0n) is 22.0. The molecule has 0 atom stereocenters. The fourth-order valence-corrected chi connectivity index (χ4v) is 6.21. The molecule has 4 rings (SSSR count). The second kappa shape index (κ2) is 12.8. The van der Waals surface area contributed by atoms with Gasteiger partial charge in [0.15, 0.2) is 23.2 Å². The van der Waals surface area contributed by atoms with Gasteiger partial charge in [-0.25, -0.2) is 13.2 Å². The van der Waals surface area contributed by atoms with E-state index in [0.717, 1.165) is 37.7 Å². The molecule has 2 fully saturated rings. The van der Waals surface area contributed by atoms with Crippen LogP contribution < -0.4 is 9.47 Å². The van der Waals surface area contributed by atoms with Gasteiger partial charge in [-0.15, -0.1) is 0 Å². The molecule has 0 aliphatic heterocycles. The van der Waals surface area contributed by atoms with Gasteiger partial charge in [0, 0.05) is 6.07 Å².